The van der Waals surface area contributed by atoms with Crippen LogP contribution < -0.4 is 0 Å². The second-order valence-electron chi connectivity index (χ2n) is 5.89. The minimum atomic E-state index is -0.826. The first-order valence-electron chi connectivity index (χ1n) is 7.78. The zero-order valence-electron chi connectivity index (χ0n) is 13.7. The third-order valence-corrected chi connectivity index (χ3v) is 4.84. The second-order valence-corrected chi connectivity index (χ2v) is 6.65. The summed E-state index contributed by atoms with van der Waals surface area (Å²) in [5.41, 5.74) is 0.969. The van der Waals surface area contributed by atoms with Crippen molar-refractivity contribution in [1.82, 2.24) is 9.80 Å². The first kappa shape index (κ1) is 18.5. The van der Waals surface area contributed by atoms with E-state index in [0.29, 0.717) is 28.9 Å². The molecule has 1 saturated heterocycles. The number of rotatable bonds is 6. The molecular formula is C17H21FN2O3Se. The van der Waals surface area contributed by atoms with Gasteiger partial charge in [-0.15, -0.1) is 0 Å². The normalized spacial score (nSPS) is 17.9. The average Bonchev–Trinajstić information content (AvgIpc) is 2.67. The van der Waals surface area contributed by atoms with Gasteiger partial charge in [-0.2, -0.15) is 0 Å². The number of halogens is 1. The van der Waals surface area contributed by atoms with Crippen LogP contribution in [0, 0.1) is 0 Å². The molecule has 24 heavy (non-hydrogen) atoms. The van der Waals surface area contributed by atoms with E-state index in [9.17, 15) is 19.4 Å². The number of benzene rings is 1. The number of hydrogen-bond donors (Lipinski definition) is 2. The van der Waals surface area contributed by atoms with Crippen LogP contribution in [0.4, 0.5) is 4.39 Å². The fourth-order valence-electron chi connectivity index (χ4n) is 2.56. The van der Waals surface area contributed by atoms with Gasteiger partial charge in [0.15, 0.2) is 0 Å². The Labute approximate surface area is 148 Å². The molecule has 1 atom stereocenters. The molecule has 5 nitrogen and oxygen atoms in total. The number of likely N-dealkylation sites (N-methyl/N-ethyl adjacent to an activating group) is 1. The van der Waals surface area contributed by atoms with Crippen LogP contribution in [0.1, 0.15) is 31.7 Å². The minimum absolute atomic E-state index is 0.0700. The van der Waals surface area contributed by atoms with Gasteiger partial charge in [-0.05, 0) is 0 Å². The summed E-state index contributed by atoms with van der Waals surface area (Å²) in [6, 6.07) is 4.17. The van der Waals surface area contributed by atoms with E-state index in [1.807, 2.05) is 0 Å². The SMILES string of the molecule is CC(F)CCCCN1C(=O)C(=Cc2cc(O)cc(O)c2)N(C)C1=[Se]. The molecule has 0 aromatic heterocycles. The molecule has 1 unspecified atom stereocenters. The van der Waals surface area contributed by atoms with E-state index in [-0.39, 0.29) is 17.4 Å². The summed E-state index contributed by atoms with van der Waals surface area (Å²) >= 11 is 2.89. The molecule has 1 fully saturated rings. The van der Waals surface area contributed by atoms with Gasteiger partial charge in [0.05, 0.1) is 0 Å². The molecule has 1 aromatic rings. The topological polar surface area (TPSA) is 64.0 Å². The molecule has 1 amide bonds. The number of unbranched alkanes of at least 4 members (excludes halogenated alkanes) is 1. The predicted molar refractivity (Wildman–Crippen MR) is 92.4 cm³/mol. The third-order valence-electron chi connectivity index (χ3n) is 3.81. The van der Waals surface area contributed by atoms with Gasteiger partial charge in [-0.3, -0.25) is 0 Å². The van der Waals surface area contributed by atoms with Gasteiger partial charge in [0.25, 0.3) is 0 Å². The van der Waals surface area contributed by atoms with Crippen molar-refractivity contribution in [3.63, 3.8) is 0 Å². The van der Waals surface area contributed by atoms with E-state index in [1.54, 1.807) is 22.9 Å². The average molecular weight is 399 g/mol. The zero-order valence-corrected chi connectivity index (χ0v) is 15.4. The maximum atomic E-state index is 12.8. The first-order valence-corrected chi connectivity index (χ1v) is 8.63. The van der Waals surface area contributed by atoms with Gasteiger partial charge in [0, 0.05) is 0 Å². The standard InChI is InChI=1S/C17H21FN2O3Se/c1-11(18)5-3-4-6-20-16(23)15(19(2)17(20)24)9-12-7-13(21)10-14(22)8-12/h7-11,21-22H,3-6H2,1-2H3. The van der Waals surface area contributed by atoms with Gasteiger partial charge in [-0.1, -0.05) is 0 Å². The van der Waals surface area contributed by atoms with Crippen LogP contribution in [-0.2, 0) is 4.79 Å². The zero-order chi connectivity index (χ0) is 17.9. The number of nitrogens with zero attached hydrogens (tertiary/aromatic N) is 2. The van der Waals surface area contributed by atoms with Crippen LogP contribution in [0.2, 0.25) is 0 Å². The van der Waals surface area contributed by atoms with Crippen molar-refractivity contribution in [2.24, 2.45) is 0 Å². The number of alkyl halides is 1. The van der Waals surface area contributed by atoms with Crippen molar-refractivity contribution in [1.29, 1.82) is 0 Å². The summed E-state index contributed by atoms with van der Waals surface area (Å²) in [6.07, 6.45) is 2.72. The Bertz CT molecular complexity index is 656. The van der Waals surface area contributed by atoms with Crippen LogP contribution in [0.15, 0.2) is 23.9 Å². The predicted octanol–water partition coefficient (Wildman–Crippen LogP) is 2.00. The van der Waals surface area contributed by atoms with Crippen LogP contribution >= 0.6 is 0 Å². The Kier molecular flexibility index (Phi) is 6.02. The molecule has 0 saturated carbocycles. The summed E-state index contributed by atoms with van der Waals surface area (Å²) < 4.78 is 13.5. The molecule has 2 N–H and O–H groups in total. The molecule has 2 rings (SSSR count). The second kappa shape index (κ2) is 7.81. The Morgan fingerprint density at radius 3 is 2.46 bits per heavy atom. The fraction of sp³-hybridized carbons (Fsp3) is 0.412. The van der Waals surface area contributed by atoms with Gasteiger partial charge >= 0.3 is 148 Å². The van der Waals surface area contributed by atoms with Crippen molar-refractivity contribution >= 4 is 32.2 Å². The molecule has 130 valence electrons. The molecule has 0 radical (unpaired) electrons. The van der Waals surface area contributed by atoms with E-state index >= 15 is 0 Å². The molecule has 7 heteroatoms. The van der Waals surface area contributed by atoms with E-state index in [4.69, 9.17) is 0 Å². The molecule has 1 aromatic carbocycles. The van der Waals surface area contributed by atoms with Gasteiger partial charge < -0.3 is 0 Å². The van der Waals surface area contributed by atoms with Crippen molar-refractivity contribution in [2.45, 2.75) is 32.4 Å². The van der Waals surface area contributed by atoms with Crippen LogP contribution in [0.25, 0.3) is 6.08 Å². The number of hydrogen-bond acceptors (Lipinski definition) is 4. The Morgan fingerprint density at radius 2 is 1.88 bits per heavy atom. The van der Waals surface area contributed by atoms with E-state index in [1.165, 1.54) is 25.1 Å². The number of amides is 1. The Balaban J connectivity index is 2.13. The Hall–Kier alpha value is -1.85. The number of carbonyl (C=O) groups is 1. The van der Waals surface area contributed by atoms with Gasteiger partial charge in [0.2, 0.25) is 0 Å². The van der Waals surface area contributed by atoms with Crippen molar-refractivity contribution in [3.8, 4) is 11.5 Å². The van der Waals surface area contributed by atoms with E-state index < -0.39 is 6.17 Å². The van der Waals surface area contributed by atoms with Gasteiger partial charge in [0.1, 0.15) is 0 Å². The summed E-state index contributed by atoms with van der Waals surface area (Å²) in [5.74, 6) is -0.304. The van der Waals surface area contributed by atoms with Crippen LogP contribution in [0.5, 0.6) is 11.5 Å². The number of aromatic hydroxyl groups is 2. The first-order chi connectivity index (χ1) is 11.3. The van der Waals surface area contributed by atoms with Crippen molar-refractivity contribution in [2.75, 3.05) is 13.6 Å². The van der Waals surface area contributed by atoms with Gasteiger partial charge in [-0.25, -0.2) is 0 Å². The van der Waals surface area contributed by atoms with Crippen molar-refractivity contribution in [3.05, 3.63) is 29.5 Å². The fourth-order valence-corrected chi connectivity index (χ4v) is 3.14. The van der Waals surface area contributed by atoms with E-state index in [0.717, 1.165) is 12.8 Å². The maximum absolute atomic E-state index is 12.8. The summed E-state index contributed by atoms with van der Waals surface area (Å²) in [5, 5.41) is 19.1. The van der Waals surface area contributed by atoms with E-state index in [2.05, 4.69) is 15.6 Å². The van der Waals surface area contributed by atoms with Crippen LogP contribution in [0.3, 0.4) is 0 Å². The molecular weight excluding hydrogens is 378 g/mol. The monoisotopic (exact) mass is 400 g/mol. The third kappa shape index (κ3) is 4.36. The molecule has 0 spiro atoms. The Morgan fingerprint density at radius 1 is 1.25 bits per heavy atom. The quantitative estimate of drug-likeness (QED) is 0.436. The molecule has 1 heterocycles. The van der Waals surface area contributed by atoms with Crippen molar-refractivity contribution < 1.29 is 19.4 Å². The number of phenols is 2. The molecule has 0 bridgehead atoms. The summed E-state index contributed by atoms with van der Waals surface area (Å²) in [6.45, 7) is 2.05. The van der Waals surface area contributed by atoms with Crippen LogP contribution in [-0.4, -0.2) is 65.9 Å². The molecule has 1 aliphatic rings. The molecule has 0 aliphatic carbocycles. The number of phenolic OH excluding ortho intramolecular Hbond substituents is 2. The molecule has 1 aliphatic heterocycles. The summed E-state index contributed by atoms with van der Waals surface area (Å²) in [7, 11) is 1.77. The number of carbonyl (C=O) groups excluding carboxylic acids is 1. The summed E-state index contributed by atoms with van der Waals surface area (Å²) in [4.78, 5) is 16.0.